The van der Waals surface area contributed by atoms with Crippen LogP contribution in [0.4, 0.5) is 5.69 Å². The van der Waals surface area contributed by atoms with E-state index in [0.717, 1.165) is 41.0 Å². The number of amides is 1. The van der Waals surface area contributed by atoms with E-state index in [1.54, 1.807) is 32.4 Å². The van der Waals surface area contributed by atoms with E-state index in [9.17, 15) is 4.79 Å². The van der Waals surface area contributed by atoms with Crippen molar-refractivity contribution in [2.45, 2.75) is 32.6 Å². The molecule has 29 heavy (non-hydrogen) atoms. The van der Waals surface area contributed by atoms with E-state index in [4.69, 9.17) is 9.47 Å². The minimum absolute atomic E-state index is 0.208. The average Bonchev–Trinajstić information content (AvgIpc) is 3.48. The van der Waals surface area contributed by atoms with Crippen molar-refractivity contribution >= 4 is 11.6 Å². The third kappa shape index (κ3) is 3.70. The standard InChI is InChI=1S/C23H25N3O3/c1-13-5-9-17(14(2)11-13)21-22(20(25-26-21)15-6-7-15)24-23(27)16-8-10-18(28-3)19(12-16)29-4/h5,8-12,15H,6-7H2,1-4H3,(H,24,27)(H,25,26). The molecular weight excluding hydrogens is 366 g/mol. The fraction of sp³-hybridized carbons (Fsp3) is 0.304. The van der Waals surface area contributed by atoms with Crippen molar-refractivity contribution in [3.05, 3.63) is 58.8 Å². The Hall–Kier alpha value is -3.28. The van der Waals surface area contributed by atoms with Gasteiger partial charge < -0.3 is 14.8 Å². The molecule has 0 saturated heterocycles. The van der Waals surface area contributed by atoms with E-state index in [2.05, 4.69) is 47.6 Å². The summed E-state index contributed by atoms with van der Waals surface area (Å²) in [5, 5.41) is 10.8. The minimum Gasteiger partial charge on any atom is -0.493 e. The molecule has 0 aliphatic heterocycles. The Kier molecular flexibility index (Phi) is 5.01. The Bertz CT molecular complexity index is 1070. The molecule has 1 amide bonds. The van der Waals surface area contributed by atoms with Gasteiger partial charge in [-0.05, 0) is 50.5 Å². The smallest absolute Gasteiger partial charge is 0.255 e. The summed E-state index contributed by atoms with van der Waals surface area (Å²) in [6.45, 7) is 4.13. The summed E-state index contributed by atoms with van der Waals surface area (Å²) >= 11 is 0. The van der Waals surface area contributed by atoms with Crippen LogP contribution in [0.15, 0.2) is 36.4 Å². The molecular formula is C23H25N3O3. The number of hydrogen-bond donors (Lipinski definition) is 2. The predicted octanol–water partition coefficient (Wildman–Crippen LogP) is 4.84. The number of anilines is 1. The SMILES string of the molecule is COc1ccc(C(=O)Nc2c(-c3ccc(C)cc3C)n[nH]c2C2CC2)cc1OC. The van der Waals surface area contributed by atoms with Crippen molar-refractivity contribution in [2.24, 2.45) is 0 Å². The van der Waals surface area contributed by atoms with Gasteiger partial charge in [0.2, 0.25) is 0 Å². The van der Waals surface area contributed by atoms with Gasteiger partial charge in [0.05, 0.1) is 25.6 Å². The number of nitrogens with one attached hydrogen (secondary N) is 2. The second-order valence-electron chi connectivity index (χ2n) is 7.48. The first-order valence-corrected chi connectivity index (χ1v) is 9.71. The van der Waals surface area contributed by atoms with Gasteiger partial charge in [-0.25, -0.2) is 0 Å². The Labute approximate surface area is 170 Å². The summed E-state index contributed by atoms with van der Waals surface area (Å²) in [6.07, 6.45) is 2.21. The van der Waals surface area contributed by atoms with E-state index in [1.807, 2.05) is 0 Å². The highest BCUT2D eigenvalue weighted by molar-refractivity contribution is 6.07. The number of aromatic amines is 1. The lowest BCUT2D eigenvalue weighted by molar-refractivity contribution is 0.102. The monoisotopic (exact) mass is 391 g/mol. The lowest BCUT2D eigenvalue weighted by Crippen LogP contribution is -2.13. The lowest BCUT2D eigenvalue weighted by Gasteiger charge is -2.12. The fourth-order valence-corrected chi connectivity index (χ4v) is 3.59. The van der Waals surface area contributed by atoms with Crippen LogP contribution in [0, 0.1) is 13.8 Å². The van der Waals surface area contributed by atoms with Gasteiger partial charge in [-0.15, -0.1) is 0 Å². The Morgan fingerprint density at radius 2 is 1.83 bits per heavy atom. The summed E-state index contributed by atoms with van der Waals surface area (Å²) in [7, 11) is 3.13. The van der Waals surface area contributed by atoms with E-state index < -0.39 is 0 Å². The first-order valence-electron chi connectivity index (χ1n) is 9.71. The maximum absolute atomic E-state index is 13.0. The van der Waals surface area contributed by atoms with E-state index in [1.165, 1.54) is 5.56 Å². The first kappa shape index (κ1) is 19.1. The molecule has 6 nitrogen and oxygen atoms in total. The van der Waals surface area contributed by atoms with E-state index >= 15 is 0 Å². The molecule has 2 N–H and O–H groups in total. The van der Waals surface area contributed by atoms with Crippen LogP contribution in [0.1, 0.15) is 45.9 Å². The molecule has 3 aromatic rings. The molecule has 6 heteroatoms. The Balaban J connectivity index is 1.71. The molecule has 0 radical (unpaired) electrons. The molecule has 0 unspecified atom stereocenters. The molecule has 1 fully saturated rings. The van der Waals surface area contributed by atoms with Crippen LogP contribution in [-0.4, -0.2) is 30.3 Å². The molecule has 1 aliphatic carbocycles. The first-order chi connectivity index (χ1) is 14.0. The summed E-state index contributed by atoms with van der Waals surface area (Å²) in [6, 6.07) is 11.4. The summed E-state index contributed by atoms with van der Waals surface area (Å²) in [5.74, 6) is 1.31. The number of hydrogen-bond acceptors (Lipinski definition) is 4. The van der Waals surface area contributed by atoms with Gasteiger partial charge >= 0.3 is 0 Å². The maximum atomic E-state index is 13.0. The fourth-order valence-electron chi connectivity index (χ4n) is 3.59. The number of aromatic nitrogens is 2. The van der Waals surface area contributed by atoms with Crippen LogP contribution in [0.3, 0.4) is 0 Å². The summed E-state index contributed by atoms with van der Waals surface area (Å²) < 4.78 is 10.6. The highest BCUT2D eigenvalue weighted by atomic mass is 16.5. The molecule has 2 aromatic carbocycles. The Morgan fingerprint density at radius 1 is 1.07 bits per heavy atom. The number of benzene rings is 2. The molecule has 1 aromatic heterocycles. The van der Waals surface area contributed by atoms with Crippen LogP contribution in [0.25, 0.3) is 11.3 Å². The third-order valence-electron chi connectivity index (χ3n) is 5.30. The highest BCUT2D eigenvalue weighted by Crippen LogP contribution is 2.45. The zero-order valence-electron chi connectivity index (χ0n) is 17.1. The molecule has 0 atom stereocenters. The van der Waals surface area contributed by atoms with Gasteiger partial charge in [-0.2, -0.15) is 5.10 Å². The van der Waals surface area contributed by atoms with Crippen molar-refractivity contribution in [3.8, 4) is 22.8 Å². The van der Waals surface area contributed by atoms with Crippen molar-refractivity contribution in [3.63, 3.8) is 0 Å². The molecule has 1 saturated carbocycles. The summed E-state index contributed by atoms with van der Waals surface area (Å²) in [5.41, 5.74) is 6.37. The van der Waals surface area contributed by atoms with Crippen LogP contribution in [0.2, 0.25) is 0 Å². The second kappa shape index (κ2) is 7.62. The quantitative estimate of drug-likeness (QED) is 0.630. The normalized spacial score (nSPS) is 13.2. The number of H-pyrrole nitrogens is 1. The van der Waals surface area contributed by atoms with Crippen molar-refractivity contribution < 1.29 is 14.3 Å². The molecule has 150 valence electrons. The average molecular weight is 391 g/mol. The number of rotatable bonds is 6. The highest BCUT2D eigenvalue weighted by Gasteiger charge is 2.31. The minimum atomic E-state index is -0.208. The number of nitrogens with zero attached hydrogens (tertiary/aromatic N) is 1. The largest absolute Gasteiger partial charge is 0.493 e. The summed E-state index contributed by atoms with van der Waals surface area (Å²) in [4.78, 5) is 13.0. The van der Waals surface area contributed by atoms with Crippen LogP contribution >= 0.6 is 0 Å². The number of carbonyl (C=O) groups excluding carboxylic acids is 1. The number of ether oxygens (including phenoxy) is 2. The van der Waals surface area contributed by atoms with Crippen LogP contribution in [-0.2, 0) is 0 Å². The molecule has 0 bridgehead atoms. The Morgan fingerprint density at radius 3 is 2.48 bits per heavy atom. The molecule has 4 rings (SSSR count). The maximum Gasteiger partial charge on any atom is 0.255 e. The van der Waals surface area contributed by atoms with E-state index in [-0.39, 0.29) is 5.91 Å². The molecule has 1 aliphatic rings. The van der Waals surface area contributed by atoms with Crippen molar-refractivity contribution in [1.29, 1.82) is 0 Å². The van der Waals surface area contributed by atoms with Crippen molar-refractivity contribution in [1.82, 2.24) is 10.2 Å². The second-order valence-corrected chi connectivity index (χ2v) is 7.48. The molecule has 0 spiro atoms. The lowest BCUT2D eigenvalue weighted by atomic mass is 10.0. The van der Waals surface area contributed by atoms with Crippen LogP contribution in [0.5, 0.6) is 11.5 Å². The zero-order valence-corrected chi connectivity index (χ0v) is 17.1. The van der Waals surface area contributed by atoms with Gasteiger partial charge in [0.15, 0.2) is 11.5 Å². The van der Waals surface area contributed by atoms with Gasteiger partial charge in [0.1, 0.15) is 5.69 Å². The van der Waals surface area contributed by atoms with Crippen molar-refractivity contribution in [2.75, 3.05) is 19.5 Å². The van der Waals surface area contributed by atoms with Gasteiger partial charge in [0.25, 0.3) is 5.91 Å². The van der Waals surface area contributed by atoms with E-state index in [0.29, 0.717) is 23.0 Å². The van der Waals surface area contributed by atoms with Gasteiger partial charge in [-0.3, -0.25) is 9.89 Å². The molecule has 1 heterocycles. The number of carbonyl (C=O) groups is 1. The third-order valence-corrected chi connectivity index (χ3v) is 5.30. The number of aryl methyl sites for hydroxylation is 2. The van der Waals surface area contributed by atoms with Crippen LogP contribution < -0.4 is 14.8 Å². The topological polar surface area (TPSA) is 76.2 Å². The van der Waals surface area contributed by atoms with Gasteiger partial charge in [-0.1, -0.05) is 23.8 Å². The predicted molar refractivity (Wildman–Crippen MR) is 113 cm³/mol. The number of methoxy groups -OCH3 is 2. The van der Waals surface area contributed by atoms with Gasteiger partial charge in [0, 0.05) is 17.0 Å². The zero-order chi connectivity index (χ0) is 20.5.